The first-order valence-electron chi connectivity index (χ1n) is 7.10. The molecule has 0 atom stereocenters. The Morgan fingerprint density at radius 2 is 1.64 bits per heavy atom. The number of carbonyl (C=O) groups excluding carboxylic acids is 1. The Labute approximate surface area is 130 Å². The number of aldehydes is 1. The first-order chi connectivity index (χ1) is 10.7. The van der Waals surface area contributed by atoms with E-state index in [1.807, 2.05) is 51.5 Å². The second-order valence-electron chi connectivity index (χ2n) is 4.75. The van der Waals surface area contributed by atoms with E-state index in [0.29, 0.717) is 12.2 Å². The minimum atomic E-state index is 0.347. The second-order valence-corrected chi connectivity index (χ2v) is 4.75. The summed E-state index contributed by atoms with van der Waals surface area (Å²) < 4.78 is 5.85. The molecule has 22 heavy (non-hydrogen) atoms. The van der Waals surface area contributed by atoms with Gasteiger partial charge in [0.1, 0.15) is 18.6 Å². The highest BCUT2D eigenvalue weighted by Crippen LogP contribution is 2.35. The minimum absolute atomic E-state index is 0.347. The molecule has 2 aromatic carbocycles. The largest absolute Gasteiger partial charge is 0.489 e. The standard InChI is InChI=1S/C17H21N3O2/c1-18-15-8-14(9-16(19-2)17(15)20-3)22-11-13-7-5-4-6-12(13)10-21/h4-10,18-20H,11H2,1-3H3. The maximum Gasteiger partial charge on any atom is 0.150 e. The van der Waals surface area contributed by atoms with Crippen molar-refractivity contribution in [1.82, 2.24) is 0 Å². The summed E-state index contributed by atoms with van der Waals surface area (Å²) in [6.45, 7) is 0.347. The summed E-state index contributed by atoms with van der Waals surface area (Å²) in [5.74, 6) is 0.730. The second kappa shape index (κ2) is 7.36. The molecule has 0 aliphatic rings. The molecule has 116 valence electrons. The van der Waals surface area contributed by atoms with Crippen LogP contribution in [0.3, 0.4) is 0 Å². The quantitative estimate of drug-likeness (QED) is 0.685. The van der Waals surface area contributed by atoms with Crippen LogP contribution in [0.4, 0.5) is 17.1 Å². The molecular formula is C17H21N3O2. The Balaban J connectivity index is 2.24. The lowest BCUT2D eigenvalue weighted by Crippen LogP contribution is -2.04. The van der Waals surface area contributed by atoms with Gasteiger partial charge in [-0.2, -0.15) is 0 Å². The van der Waals surface area contributed by atoms with Gasteiger partial charge in [0, 0.05) is 38.8 Å². The van der Waals surface area contributed by atoms with E-state index in [0.717, 1.165) is 34.7 Å². The number of hydrogen-bond donors (Lipinski definition) is 3. The molecule has 0 aliphatic carbocycles. The monoisotopic (exact) mass is 299 g/mol. The van der Waals surface area contributed by atoms with Crippen LogP contribution < -0.4 is 20.7 Å². The molecule has 0 aromatic heterocycles. The summed E-state index contributed by atoms with van der Waals surface area (Å²) in [4.78, 5) is 11.0. The lowest BCUT2D eigenvalue weighted by molar-refractivity contribution is 0.112. The zero-order valence-corrected chi connectivity index (χ0v) is 13.1. The Morgan fingerprint density at radius 3 is 2.18 bits per heavy atom. The van der Waals surface area contributed by atoms with Gasteiger partial charge in [-0.3, -0.25) is 4.79 Å². The van der Waals surface area contributed by atoms with E-state index < -0.39 is 0 Å². The fraction of sp³-hybridized carbons (Fsp3) is 0.235. The highest BCUT2D eigenvalue weighted by atomic mass is 16.5. The summed E-state index contributed by atoms with van der Waals surface area (Å²) in [7, 11) is 5.60. The molecule has 0 amide bonds. The molecule has 0 spiro atoms. The smallest absolute Gasteiger partial charge is 0.150 e. The lowest BCUT2D eigenvalue weighted by Gasteiger charge is -2.17. The fourth-order valence-corrected chi connectivity index (χ4v) is 2.30. The molecule has 0 aliphatic heterocycles. The molecule has 0 radical (unpaired) electrons. The van der Waals surface area contributed by atoms with Crippen LogP contribution in [0.2, 0.25) is 0 Å². The SMILES string of the molecule is CNc1cc(OCc2ccccc2C=O)cc(NC)c1NC. The van der Waals surface area contributed by atoms with E-state index in [1.54, 1.807) is 6.07 Å². The maximum atomic E-state index is 11.0. The van der Waals surface area contributed by atoms with Crippen molar-refractivity contribution in [3.05, 3.63) is 47.5 Å². The molecule has 3 N–H and O–H groups in total. The van der Waals surface area contributed by atoms with E-state index in [9.17, 15) is 4.79 Å². The van der Waals surface area contributed by atoms with Crippen molar-refractivity contribution >= 4 is 23.3 Å². The summed E-state index contributed by atoms with van der Waals surface area (Å²) in [6, 6.07) is 11.3. The van der Waals surface area contributed by atoms with Gasteiger partial charge in [-0.05, 0) is 5.56 Å². The number of anilines is 3. The molecule has 5 heteroatoms. The van der Waals surface area contributed by atoms with E-state index in [2.05, 4.69) is 16.0 Å². The number of hydrogen-bond acceptors (Lipinski definition) is 5. The van der Waals surface area contributed by atoms with Gasteiger partial charge in [0.2, 0.25) is 0 Å². The van der Waals surface area contributed by atoms with Crippen LogP contribution in [0.25, 0.3) is 0 Å². The first kappa shape index (κ1) is 15.7. The van der Waals surface area contributed by atoms with E-state index in [1.165, 1.54) is 0 Å². The zero-order valence-electron chi connectivity index (χ0n) is 13.1. The zero-order chi connectivity index (χ0) is 15.9. The Hall–Kier alpha value is -2.69. The van der Waals surface area contributed by atoms with Crippen LogP contribution in [-0.4, -0.2) is 27.4 Å². The van der Waals surface area contributed by atoms with Gasteiger partial charge in [0.15, 0.2) is 0 Å². The van der Waals surface area contributed by atoms with Gasteiger partial charge >= 0.3 is 0 Å². The number of rotatable bonds is 7. The number of nitrogens with one attached hydrogen (secondary N) is 3. The van der Waals surface area contributed by atoms with Gasteiger partial charge < -0.3 is 20.7 Å². The molecule has 0 heterocycles. The van der Waals surface area contributed by atoms with Crippen LogP contribution in [0.15, 0.2) is 36.4 Å². The average Bonchev–Trinajstić information content (AvgIpc) is 2.58. The van der Waals surface area contributed by atoms with Crippen LogP contribution in [0, 0.1) is 0 Å². The van der Waals surface area contributed by atoms with Gasteiger partial charge in [0.25, 0.3) is 0 Å². The average molecular weight is 299 g/mol. The molecule has 0 unspecified atom stereocenters. The van der Waals surface area contributed by atoms with Crippen molar-refractivity contribution in [2.24, 2.45) is 0 Å². The number of ether oxygens (including phenoxy) is 1. The predicted molar refractivity (Wildman–Crippen MR) is 91.2 cm³/mol. The van der Waals surface area contributed by atoms with Crippen LogP contribution in [0.1, 0.15) is 15.9 Å². The van der Waals surface area contributed by atoms with Gasteiger partial charge in [-0.15, -0.1) is 0 Å². The van der Waals surface area contributed by atoms with Crippen molar-refractivity contribution in [3.8, 4) is 5.75 Å². The normalized spacial score (nSPS) is 9.95. The van der Waals surface area contributed by atoms with Gasteiger partial charge in [-0.25, -0.2) is 0 Å². The third kappa shape index (κ3) is 3.31. The molecule has 2 aromatic rings. The minimum Gasteiger partial charge on any atom is -0.489 e. The summed E-state index contributed by atoms with van der Waals surface area (Å²) >= 11 is 0. The predicted octanol–water partition coefficient (Wildman–Crippen LogP) is 3.20. The Bertz CT molecular complexity index is 631. The summed E-state index contributed by atoms with van der Waals surface area (Å²) in [5.41, 5.74) is 4.37. The highest BCUT2D eigenvalue weighted by molar-refractivity contribution is 5.84. The summed E-state index contributed by atoms with van der Waals surface area (Å²) in [5, 5.41) is 9.45. The van der Waals surface area contributed by atoms with Crippen molar-refractivity contribution in [1.29, 1.82) is 0 Å². The molecule has 0 bridgehead atoms. The van der Waals surface area contributed by atoms with Crippen molar-refractivity contribution in [2.45, 2.75) is 6.61 Å². The third-order valence-electron chi connectivity index (χ3n) is 3.48. The van der Waals surface area contributed by atoms with Crippen molar-refractivity contribution < 1.29 is 9.53 Å². The fourth-order valence-electron chi connectivity index (χ4n) is 2.30. The van der Waals surface area contributed by atoms with Crippen molar-refractivity contribution in [3.63, 3.8) is 0 Å². The van der Waals surface area contributed by atoms with Gasteiger partial charge in [0.05, 0.1) is 17.1 Å². The molecule has 2 rings (SSSR count). The Kier molecular flexibility index (Phi) is 5.25. The van der Waals surface area contributed by atoms with Crippen LogP contribution in [-0.2, 0) is 6.61 Å². The number of benzene rings is 2. The molecule has 0 saturated carbocycles. The van der Waals surface area contributed by atoms with Crippen LogP contribution >= 0.6 is 0 Å². The summed E-state index contributed by atoms with van der Waals surface area (Å²) in [6.07, 6.45) is 0.848. The highest BCUT2D eigenvalue weighted by Gasteiger charge is 2.09. The maximum absolute atomic E-state index is 11.0. The van der Waals surface area contributed by atoms with Crippen LogP contribution in [0.5, 0.6) is 5.75 Å². The Morgan fingerprint density at radius 1 is 1.00 bits per heavy atom. The lowest BCUT2D eigenvalue weighted by atomic mass is 10.1. The topological polar surface area (TPSA) is 62.4 Å². The van der Waals surface area contributed by atoms with E-state index in [-0.39, 0.29) is 0 Å². The molecule has 0 fully saturated rings. The number of carbonyl (C=O) groups is 1. The van der Waals surface area contributed by atoms with Crippen molar-refractivity contribution in [2.75, 3.05) is 37.1 Å². The third-order valence-corrected chi connectivity index (χ3v) is 3.48. The molecule has 5 nitrogen and oxygen atoms in total. The molecule has 0 saturated heterocycles. The van der Waals surface area contributed by atoms with Gasteiger partial charge in [-0.1, -0.05) is 24.3 Å². The first-order valence-corrected chi connectivity index (χ1v) is 7.10. The van der Waals surface area contributed by atoms with E-state index >= 15 is 0 Å². The van der Waals surface area contributed by atoms with E-state index in [4.69, 9.17) is 4.74 Å². The molecular weight excluding hydrogens is 278 g/mol.